The van der Waals surface area contributed by atoms with Gasteiger partial charge in [-0.25, -0.2) is 0 Å². The predicted molar refractivity (Wildman–Crippen MR) is 71.1 cm³/mol. The van der Waals surface area contributed by atoms with Gasteiger partial charge < -0.3 is 15.4 Å². The standard InChI is InChI=1S/C12H14Cl2N2O2/c13-8-1-2-11(10(14)5-8)18-7-12(17)16-4-3-9(15)6-16/h1-2,5,9H,3-4,6-7,15H2/t9-/m1/s1. The molecule has 1 atom stereocenters. The molecule has 98 valence electrons. The van der Waals surface area contributed by atoms with Gasteiger partial charge in [-0.05, 0) is 24.6 Å². The maximum atomic E-state index is 11.8. The molecule has 0 radical (unpaired) electrons. The minimum Gasteiger partial charge on any atom is -0.482 e. The molecule has 1 aromatic carbocycles. The Bertz CT molecular complexity index is 454. The van der Waals surface area contributed by atoms with E-state index in [1.165, 1.54) is 0 Å². The topological polar surface area (TPSA) is 55.6 Å². The van der Waals surface area contributed by atoms with Gasteiger partial charge in [0, 0.05) is 24.2 Å². The van der Waals surface area contributed by atoms with E-state index < -0.39 is 0 Å². The van der Waals surface area contributed by atoms with Gasteiger partial charge in [-0.15, -0.1) is 0 Å². The zero-order valence-electron chi connectivity index (χ0n) is 9.73. The molecule has 0 spiro atoms. The second-order valence-electron chi connectivity index (χ2n) is 4.25. The van der Waals surface area contributed by atoms with Crippen LogP contribution in [0.15, 0.2) is 18.2 Å². The van der Waals surface area contributed by atoms with Crippen LogP contribution in [0.5, 0.6) is 5.75 Å². The Morgan fingerprint density at radius 2 is 2.28 bits per heavy atom. The molecule has 6 heteroatoms. The summed E-state index contributed by atoms with van der Waals surface area (Å²) in [5.41, 5.74) is 5.74. The van der Waals surface area contributed by atoms with Gasteiger partial charge in [0.2, 0.25) is 0 Å². The zero-order chi connectivity index (χ0) is 13.1. The molecule has 2 N–H and O–H groups in total. The highest BCUT2D eigenvalue weighted by molar-refractivity contribution is 6.35. The van der Waals surface area contributed by atoms with Crippen molar-refractivity contribution >= 4 is 29.1 Å². The van der Waals surface area contributed by atoms with Gasteiger partial charge in [0.1, 0.15) is 5.75 Å². The van der Waals surface area contributed by atoms with Crippen LogP contribution in [0, 0.1) is 0 Å². The van der Waals surface area contributed by atoms with E-state index in [1.807, 2.05) is 0 Å². The Labute approximate surface area is 116 Å². The third kappa shape index (κ3) is 3.28. The lowest BCUT2D eigenvalue weighted by molar-refractivity contribution is -0.132. The van der Waals surface area contributed by atoms with Gasteiger partial charge >= 0.3 is 0 Å². The first-order chi connectivity index (χ1) is 8.56. The summed E-state index contributed by atoms with van der Waals surface area (Å²) in [6, 6.07) is 4.97. The number of benzene rings is 1. The van der Waals surface area contributed by atoms with Crippen LogP contribution in [0.1, 0.15) is 6.42 Å². The molecule has 0 saturated carbocycles. The maximum Gasteiger partial charge on any atom is 0.260 e. The number of hydrogen-bond donors (Lipinski definition) is 1. The van der Waals surface area contributed by atoms with E-state index >= 15 is 0 Å². The molecule has 0 unspecified atom stereocenters. The normalized spacial score (nSPS) is 19.1. The number of nitrogens with zero attached hydrogens (tertiary/aromatic N) is 1. The predicted octanol–water partition coefficient (Wildman–Crippen LogP) is 1.93. The second kappa shape index (κ2) is 5.78. The van der Waals surface area contributed by atoms with Crippen LogP contribution in [0.2, 0.25) is 10.0 Å². The highest BCUT2D eigenvalue weighted by Gasteiger charge is 2.23. The van der Waals surface area contributed by atoms with Crippen LogP contribution in [-0.2, 0) is 4.79 Å². The molecule has 18 heavy (non-hydrogen) atoms. The van der Waals surface area contributed by atoms with E-state index in [9.17, 15) is 4.79 Å². The number of nitrogens with two attached hydrogens (primary N) is 1. The van der Waals surface area contributed by atoms with Crippen LogP contribution in [0.3, 0.4) is 0 Å². The van der Waals surface area contributed by atoms with Crippen LogP contribution in [0.25, 0.3) is 0 Å². The second-order valence-corrected chi connectivity index (χ2v) is 5.10. The fourth-order valence-electron chi connectivity index (χ4n) is 1.84. The van der Waals surface area contributed by atoms with Crippen LogP contribution >= 0.6 is 23.2 Å². The summed E-state index contributed by atoms with van der Waals surface area (Å²) < 4.78 is 5.38. The number of halogens is 2. The molecule has 1 aliphatic rings. The molecule has 1 aromatic rings. The largest absolute Gasteiger partial charge is 0.482 e. The first kappa shape index (κ1) is 13.5. The number of carbonyl (C=O) groups excluding carboxylic acids is 1. The van der Waals surface area contributed by atoms with E-state index in [1.54, 1.807) is 23.1 Å². The van der Waals surface area contributed by atoms with Crippen molar-refractivity contribution in [2.24, 2.45) is 5.73 Å². The Kier molecular flexibility index (Phi) is 4.32. The number of hydrogen-bond acceptors (Lipinski definition) is 3. The third-order valence-electron chi connectivity index (χ3n) is 2.82. The van der Waals surface area contributed by atoms with E-state index in [-0.39, 0.29) is 18.6 Å². The highest BCUT2D eigenvalue weighted by atomic mass is 35.5. The molecule has 4 nitrogen and oxygen atoms in total. The summed E-state index contributed by atoms with van der Waals surface area (Å²) >= 11 is 11.7. The Hall–Kier alpha value is -0.970. The number of likely N-dealkylation sites (tertiary alicyclic amines) is 1. The summed E-state index contributed by atoms with van der Waals surface area (Å²) in [5, 5.41) is 0.928. The lowest BCUT2D eigenvalue weighted by Gasteiger charge is -2.16. The molecular formula is C12H14Cl2N2O2. The van der Waals surface area contributed by atoms with Crippen LogP contribution in [-0.4, -0.2) is 36.5 Å². The minimum absolute atomic E-state index is 0.0337. The summed E-state index contributed by atoms with van der Waals surface area (Å²) in [6.45, 7) is 1.25. The lowest BCUT2D eigenvalue weighted by atomic mass is 10.3. The van der Waals surface area contributed by atoms with Gasteiger partial charge in [-0.3, -0.25) is 4.79 Å². The first-order valence-corrected chi connectivity index (χ1v) is 6.43. The van der Waals surface area contributed by atoms with E-state index in [0.717, 1.165) is 6.42 Å². The van der Waals surface area contributed by atoms with Crippen molar-refractivity contribution < 1.29 is 9.53 Å². The van der Waals surface area contributed by atoms with Crippen molar-refractivity contribution in [2.75, 3.05) is 19.7 Å². The van der Waals surface area contributed by atoms with Gasteiger partial charge in [-0.1, -0.05) is 23.2 Å². The Morgan fingerprint density at radius 3 is 2.89 bits per heavy atom. The van der Waals surface area contributed by atoms with Gasteiger partial charge in [0.25, 0.3) is 5.91 Å². The number of ether oxygens (including phenoxy) is 1. The monoisotopic (exact) mass is 288 g/mol. The quantitative estimate of drug-likeness (QED) is 0.925. The van der Waals surface area contributed by atoms with Crippen molar-refractivity contribution in [1.29, 1.82) is 0 Å². The third-order valence-corrected chi connectivity index (χ3v) is 3.35. The van der Waals surface area contributed by atoms with Crippen molar-refractivity contribution in [1.82, 2.24) is 4.90 Å². The lowest BCUT2D eigenvalue weighted by Crippen LogP contribution is -2.35. The van der Waals surface area contributed by atoms with E-state index in [4.69, 9.17) is 33.7 Å². The van der Waals surface area contributed by atoms with E-state index in [2.05, 4.69) is 0 Å². The summed E-state index contributed by atoms with van der Waals surface area (Å²) in [5.74, 6) is 0.381. The van der Waals surface area contributed by atoms with Gasteiger partial charge in [0.05, 0.1) is 5.02 Å². The number of rotatable bonds is 3. The van der Waals surface area contributed by atoms with Crippen LogP contribution < -0.4 is 10.5 Å². The van der Waals surface area contributed by atoms with Gasteiger partial charge in [-0.2, -0.15) is 0 Å². The molecule has 2 rings (SSSR count). The molecule has 0 aliphatic carbocycles. The van der Waals surface area contributed by atoms with Gasteiger partial charge in [0.15, 0.2) is 6.61 Å². The average Bonchev–Trinajstić information content (AvgIpc) is 2.74. The molecule has 1 heterocycles. The van der Waals surface area contributed by atoms with Crippen molar-refractivity contribution in [3.05, 3.63) is 28.2 Å². The molecule has 0 aromatic heterocycles. The van der Waals surface area contributed by atoms with Crippen molar-refractivity contribution in [2.45, 2.75) is 12.5 Å². The fourth-order valence-corrected chi connectivity index (χ4v) is 2.30. The number of amides is 1. The molecular weight excluding hydrogens is 275 g/mol. The molecule has 1 fully saturated rings. The smallest absolute Gasteiger partial charge is 0.260 e. The first-order valence-electron chi connectivity index (χ1n) is 5.67. The van der Waals surface area contributed by atoms with Crippen molar-refractivity contribution in [3.63, 3.8) is 0 Å². The van der Waals surface area contributed by atoms with E-state index in [0.29, 0.717) is 28.9 Å². The van der Waals surface area contributed by atoms with Crippen LogP contribution in [0.4, 0.5) is 0 Å². The summed E-state index contributed by atoms with van der Waals surface area (Å²) in [6.07, 6.45) is 0.841. The zero-order valence-corrected chi connectivity index (χ0v) is 11.2. The number of carbonyl (C=O) groups is 1. The Balaban J connectivity index is 1.89. The highest BCUT2D eigenvalue weighted by Crippen LogP contribution is 2.27. The van der Waals surface area contributed by atoms with Crippen molar-refractivity contribution in [3.8, 4) is 5.75 Å². The maximum absolute atomic E-state index is 11.8. The SMILES string of the molecule is N[C@@H]1CCN(C(=O)COc2ccc(Cl)cc2Cl)C1. The molecule has 1 saturated heterocycles. The Morgan fingerprint density at radius 1 is 1.50 bits per heavy atom. The molecule has 1 amide bonds. The fraction of sp³-hybridized carbons (Fsp3) is 0.417. The summed E-state index contributed by atoms with van der Waals surface area (Å²) in [4.78, 5) is 13.5. The average molecular weight is 289 g/mol. The molecule has 0 bridgehead atoms. The minimum atomic E-state index is -0.0750. The molecule has 1 aliphatic heterocycles. The summed E-state index contributed by atoms with van der Waals surface area (Å²) in [7, 11) is 0.